The second-order valence-corrected chi connectivity index (χ2v) is 4.99. The molecule has 0 unspecified atom stereocenters. The zero-order valence-electron chi connectivity index (χ0n) is 10.8. The molecule has 0 atom stereocenters. The van der Waals surface area contributed by atoms with Crippen LogP contribution < -0.4 is 10.6 Å². The summed E-state index contributed by atoms with van der Waals surface area (Å²) in [6.07, 6.45) is 2.88. The van der Waals surface area contributed by atoms with Crippen molar-refractivity contribution in [2.45, 2.75) is 39.2 Å². The van der Waals surface area contributed by atoms with Gasteiger partial charge in [-0.3, -0.25) is 0 Å². The largest absolute Gasteiger partial charge is 0.368 e. The zero-order valence-corrected chi connectivity index (χ0v) is 10.8. The minimum Gasteiger partial charge on any atom is -0.368 e. The van der Waals surface area contributed by atoms with Gasteiger partial charge in [0.05, 0.1) is 0 Å². The highest BCUT2D eigenvalue weighted by atomic mass is 19.1. The van der Waals surface area contributed by atoms with Crippen LogP contribution >= 0.6 is 0 Å². The van der Waals surface area contributed by atoms with Gasteiger partial charge in [-0.05, 0) is 25.2 Å². The van der Waals surface area contributed by atoms with Gasteiger partial charge in [0, 0.05) is 18.7 Å². The average Bonchev–Trinajstić information content (AvgIpc) is 2.28. The summed E-state index contributed by atoms with van der Waals surface area (Å²) in [5.41, 5.74) is 0. The lowest BCUT2D eigenvalue weighted by Gasteiger charge is -2.33. The average molecular weight is 255 g/mol. The predicted octanol–water partition coefficient (Wildman–Crippen LogP) is 3.39. The van der Waals surface area contributed by atoms with Crippen LogP contribution in [0.5, 0.6) is 0 Å². The molecule has 0 aromatic carbocycles. The molecule has 3 nitrogen and oxygen atoms in total. The molecular formula is C13H19F2N3. The van der Waals surface area contributed by atoms with Crippen LogP contribution in [-0.2, 0) is 0 Å². The number of halogens is 2. The fourth-order valence-corrected chi connectivity index (χ4v) is 2.15. The van der Waals surface area contributed by atoms with E-state index in [1.807, 2.05) is 6.92 Å². The number of hydrogen-bond acceptors (Lipinski definition) is 3. The first kappa shape index (κ1) is 13.1. The quantitative estimate of drug-likeness (QED) is 0.846. The summed E-state index contributed by atoms with van der Waals surface area (Å²) in [4.78, 5) is 3.98. The van der Waals surface area contributed by atoms with Gasteiger partial charge >= 0.3 is 0 Å². The fourth-order valence-electron chi connectivity index (χ4n) is 2.15. The van der Waals surface area contributed by atoms with E-state index < -0.39 is 11.6 Å². The molecule has 0 aliphatic heterocycles. The summed E-state index contributed by atoms with van der Waals surface area (Å²) in [5.74, 6) is -0.341. The molecule has 1 saturated carbocycles. The molecule has 2 rings (SSSR count). The van der Waals surface area contributed by atoms with Crippen LogP contribution in [0.4, 0.5) is 20.4 Å². The summed E-state index contributed by atoms with van der Waals surface area (Å²) in [7, 11) is 0. The van der Waals surface area contributed by atoms with Crippen LogP contribution in [0, 0.1) is 17.6 Å². The monoisotopic (exact) mass is 255 g/mol. The van der Waals surface area contributed by atoms with Crippen LogP contribution in [0.3, 0.4) is 0 Å². The lowest BCUT2D eigenvalue weighted by atomic mass is 9.82. The molecule has 1 aromatic rings. The summed E-state index contributed by atoms with van der Waals surface area (Å²) in [5, 5.41) is 5.88. The van der Waals surface area contributed by atoms with E-state index >= 15 is 0 Å². The number of nitrogens with zero attached hydrogens (tertiary/aromatic N) is 1. The number of anilines is 2. The van der Waals surface area contributed by atoms with Crippen molar-refractivity contribution in [3.8, 4) is 0 Å². The Kier molecular flexibility index (Phi) is 3.99. The van der Waals surface area contributed by atoms with Crippen molar-refractivity contribution in [1.29, 1.82) is 0 Å². The van der Waals surface area contributed by atoms with Gasteiger partial charge in [-0.25, -0.2) is 13.8 Å². The molecule has 0 spiro atoms. The van der Waals surface area contributed by atoms with Gasteiger partial charge in [0.1, 0.15) is 0 Å². The highest BCUT2D eigenvalue weighted by Gasteiger charge is 2.26. The molecule has 0 radical (unpaired) electrons. The van der Waals surface area contributed by atoms with Gasteiger partial charge in [0.25, 0.3) is 0 Å². The smallest absolute Gasteiger partial charge is 0.168 e. The molecular weight excluding hydrogens is 236 g/mol. The molecule has 0 bridgehead atoms. The van der Waals surface area contributed by atoms with Crippen molar-refractivity contribution >= 4 is 11.6 Å². The third-order valence-electron chi connectivity index (χ3n) is 3.19. The van der Waals surface area contributed by atoms with Crippen molar-refractivity contribution in [3.63, 3.8) is 0 Å². The summed E-state index contributed by atoms with van der Waals surface area (Å²) < 4.78 is 27.0. The summed E-state index contributed by atoms with van der Waals surface area (Å²) >= 11 is 0. The standard InChI is InChI=1S/C13H19F2N3/c1-3-4-16-12-10(14)7-11(15)13(18-12)17-9-5-8(2)6-9/h7-9H,3-6H2,1-2H3,(H2,16,17,18). The molecule has 5 heteroatoms. The van der Waals surface area contributed by atoms with Crippen molar-refractivity contribution in [3.05, 3.63) is 17.7 Å². The first-order valence-electron chi connectivity index (χ1n) is 6.46. The van der Waals surface area contributed by atoms with Crippen LogP contribution in [-0.4, -0.2) is 17.6 Å². The molecule has 18 heavy (non-hydrogen) atoms. The van der Waals surface area contributed by atoms with Gasteiger partial charge < -0.3 is 10.6 Å². The third kappa shape index (κ3) is 2.89. The van der Waals surface area contributed by atoms with Crippen molar-refractivity contribution in [2.24, 2.45) is 5.92 Å². The first-order chi connectivity index (χ1) is 8.60. The number of rotatable bonds is 5. The molecule has 0 amide bonds. The lowest BCUT2D eigenvalue weighted by molar-refractivity contribution is 0.307. The Balaban J connectivity index is 2.08. The van der Waals surface area contributed by atoms with E-state index in [-0.39, 0.29) is 17.7 Å². The number of hydrogen-bond donors (Lipinski definition) is 2. The molecule has 1 heterocycles. The molecule has 1 aliphatic carbocycles. The van der Waals surface area contributed by atoms with E-state index in [1.54, 1.807) is 0 Å². The summed E-state index contributed by atoms with van der Waals surface area (Å²) in [6, 6.07) is 1.14. The van der Waals surface area contributed by atoms with E-state index in [0.717, 1.165) is 25.3 Å². The van der Waals surface area contributed by atoms with E-state index in [0.29, 0.717) is 12.5 Å². The Morgan fingerprint density at radius 2 is 1.94 bits per heavy atom. The third-order valence-corrected chi connectivity index (χ3v) is 3.19. The van der Waals surface area contributed by atoms with Gasteiger partial charge in [-0.2, -0.15) is 0 Å². The highest BCUT2D eigenvalue weighted by Crippen LogP contribution is 2.30. The fraction of sp³-hybridized carbons (Fsp3) is 0.615. The first-order valence-corrected chi connectivity index (χ1v) is 6.46. The molecule has 1 aromatic heterocycles. The van der Waals surface area contributed by atoms with Crippen molar-refractivity contribution in [1.82, 2.24) is 4.98 Å². The molecule has 0 saturated heterocycles. The summed E-state index contributed by atoms with van der Waals surface area (Å²) in [6.45, 7) is 4.75. The Morgan fingerprint density at radius 3 is 2.56 bits per heavy atom. The molecule has 2 N–H and O–H groups in total. The number of pyridine rings is 1. The minimum atomic E-state index is -0.645. The van der Waals surface area contributed by atoms with Gasteiger partial charge in [-0.1, -0.05) is 13.8 Å². The molecule has 100 valence electrons. The number of nitrogens with one attached hydrogen (secondary N) is 2. The maximum absolute atomic E-state index is 13.6. The van der Waals surface area contributed by atoms with E-state index in [4.69, 9.17) is 0 Å². The topological polar surface area (TPSA) is 37.0 Å². The van der Waals surface area contributed by atoms with Gasteiger partial charge in [0.15, 0.2) is 23.3 Å². The predicted molar refractivity (Wildman–Crippen MR) is 68.7 cm³/mol. The van der Waals surface area contributed by atoms with E-state index in [9.17, 15) is 8.78 Å². The maximum atomic E-state index is 13.6. The normalized spacial score (nSPS) is 22.4. The van der Waals surface area contributed by atoms with Crippen LogP contribution in [0.1, 0.15) is 33.1 Å². The SMILES string of the molecule is CCCNc1nc(NC2CC(C)C2)c(F)cc1F. The van der Waals surface area contributed by atoms with Crippen LogP contribution in [0.15, 0.2) is 6.07 Å². The van der Waals surface area contributed by atoms with Gasteiger partial charge in [0.2, 0.25) is 0 Å². The van der Waals surface area contributed by atoms with Crippen molar-refractivity contribution in [2.75, 3.05) is 17.2 Å². The Morgan fingerprint density at radius 1 is 1.28 bits per heavy atom. The zero-order chi connectivity index (χ0) is 13.1. The molecule has 1 aliphatic rings. The Hall–Kier alpha value is -1.39. The van der Waals surface area contributed by atoms with E-state index in [1.165, 1.54) is 0 Å². The second-order valence-electron chi connectivity index (χ2n) is 4.99. The lowest BCUT2D eigenvalue weighted by Crippen LogP contribution is -2.34. The Bertz CT molecular complexity index is 417. The maximum Gasteiger partial charge on any atom is 0.168 e. The van der Waals surface area contributed by atoms with E-state index in [2.05, 4.69) is 22.5 Å². The Labute approximate surface area is 106 Å². The van der Waals surface area contributed by atoms with Crippen LogP contribution in [0.25, 0.3) is 0 Å². The second kappa shape index (κ2) is 5.50. The highest BCUT2D eigenvalue weighted by molar-refractivity contribution is 5.48. The van der Waals surface area contributed by atoms with Gasteiger partial charge in [-0.15, -0.1) is 0 Å². The number of aromatic nitrogens is 1. The minimum absolute atomic E-state index is 0.119. The van der Waals surface area contributed by atoms with Crippen LogP contribution in [0.2, 0.25) is 0 Å². The van der Waals surface area contributed by atoms with Crippen molar-refractivity contribution < 1.29 is 8.78 Å². The molecule has 1 fully saturated rings.